The van der Waals surface area contributed by atoms with Crippen LogP contribution in [0.5, 0.6) is 0 Å². The summed E-state index contributed by atoms with van der Waals surface area (Å²) >= 11 is 1.29. The predicted molar refractivity (Wildman–Crippen MR) is 61.5 cm³/mol. The molecule has 0 aromatic carbocycles. The number of hydrogen-bond acceptors (Lipinski definition) is 5. The van der Waals surface area contributed by atoms with E-state index in [4.69, 9.17) is 0 Å². The van der Waals surface area contributed by atoms with Gasteiger partial charge in [0.25, 0.3) is 0 Å². The molecule has 0 aliphatic carbocycles. The van der Waals surface area contributed by atoms with Crippen molar-refractivity contribution in [1.29, 1.82) is 0 Å². The van der Waals surface area contributed by atoms with Gasteiger partial charge in [0.15, 0.2) is 0 Å². The third-order valence-corrected chi connectivity index (χ3v) is 3.93. The van der Waals surface area contributed by atoms with Crippen LogP contribution in [0.3, 0.4) is 0 Å². The van der Waals surface area contributed by atoms with Crippen LogP contribution in [-0.2, 0) is 16.4 Å². The fourth-order valence-electron chi connectivity index (χ4n) is 0.932. The Morgan fingerprint density at radius 1 is 1.40 bits per heavy atom. The molecule has 7 heteroatoms. The molecule has 0 amide bonds. The first-order valence-corrected chi connectivity index (χ1v) is 7.22. The Balaban J connectivity index is 2.69. The van der Waals surface area contributed by atoms with E-state index in [0.717, 1.165) is 11.4 Å². The second-order valence-electron chi connectivity index (χ2n) is 3.60. The Morgan fingerprint density at radius 2 is 2.07 bits per heavy atom. The molecule has 0 aliphatic rings. The normalized spacial score (nSPS) is 12.0. The van der Waals surface area contributed by atoms with Crippen molar-refractivity contribution in [3.63, 3.8) is 0 Å². The minimum absolute atomic E-state index is 0.0477. The van der Waals surface area contributed by atoms with Gasteiger partial charge in [0, 0.05) is 6.42 Å². The Morgan fingerprint density at radius 3 is 2.60 bits per heavy atom. The third kappa shape index (κ3) is 4.13. The summed E-state index contributed by atoms with van der Waals surface area (Å²) in [6.45, 7) is 5.74. The summed E-state index contributed by atoms with van der Waals surface area (Å²) in [7, 11) is -3.23. The van der Waals surface area contributed by atoms with E-state index < -0.39 is 10.0 Å². The lowest BCUT2D eigenvalue weighted by molar-refractivity contribution is 0.602. The standard InChI is InChI=1S/C8H15N3O2S2/c1-4-15(12,13)11-8-10-9-7(14-8)5-6(2)3/h6H,4-5H2,1-3H3,(H,10,11). The molecule has 0 saturated carbocycles. The SMILES string of the molecule is CCS(=O)(=O)Nc1nnc(CC(C)C)s1. The van der Waals surface area contributed by atoms with Crippen molar-refractivity contribution >= 4 is 26.5 Å². The lowest BCUT2D eigenvalue weighted by Gasteiger charge is -1.99. The topological polar surface area (TPSA) is 72.0 Å². The Kier molecular flexibility index (Phi) is 4.04. The molecule has 0 atom stereocenters. The zero-order valence-corrected chi connectivity index (χ0v) is 10.7. The highest BCUT2D eigenvalue weighted by Gasteiger charge is 2.11. The van der Waals surface area contributed by atoms with Crippen LogP contribution in [0.25, 0.3) is 0 Å². The Hall–Kier alpha value is -0.690. The largest absolute Gasteiger partial charge is 0.257 e. The maximum absolute atomic E-state index is 11.2. The molecule has 15 heavy (non-hydrogen) atoms. The monoisotopic (exact) mass is 249 g/mol. The average molecular weight is 249 g/mol. The van der Waals surface area contributed by atoms with Gasteiger partial charge >= 0.3 is 0 Å². The molecule has 0 bridgehead atoms. The number of nitrogens with zero attached hydrogens (tertiary/aromatic N) is 2. The zero-order valence-electron chi connectivity index (χ0n) is 9.02. The smallest absolute Gasteiger partial charge is 0.234 e. The molecule has 86 valence electrons. The lowest BCUT2D eigenvalue weighted by atomic mass is 10.1. The summed E-state index contributed by atoms with van der Waals surface area (Å²) in [5.41, 5.74) is 0. The summed E-state index contributed by atoms with van der Waals surface area (Å²) in [5, 5.41) is 8.91. The quantitative estimate of drug-likeness (QED) is 0.858. The zero-order chi connectivity index (χ0) is 11.5. The molecule has 5 nitrogen and oxygen atoms in total. The molecule has 1 N–H and O–H groups in total. The van der Waals surface area contributed by atoms with Gasteiger partial charge in [-0.1, -0.05) is 25.2 Å². The molecule has 1 aromatic rings. The number of hydrogen-bond donors (Lipinski definition) is 1. The fourth-order valence-corrected chi connectivity index (χ4v) is 2.73. The maximum Gasteiger partial charge on any atom is 0.234 e. The van der Waals surface area contributed by atoms with E-state index in [-0.39, 0.29) is 5.75 Å². The summed E-state index contributed by atoms with van der Waals surface area (Å²) in [5.74, 6) is 0.542. The third-order valence-electron chi connectivity index (χ3n) is 1.67. The second kappa shape index (κ2) is 4.89. The van der Waals surface area contributed by atoms with Gasteiger partial charge in [0.2, 0.25) is 15.2 Å². The van der Waals surface area contributed by atoms with Gasteiger partial charge in [-0.2, -0.15) is 0 Å². The summed E-state index contributed by atoms with van der Waals surface area (Å²) in [4.78, 5) is 0. The fraction of sp³-hybridized carbons (Fsp3) is 0.750. The Labute approximate surface area is 94.0 Å². The van der Waals surface area contributed by atoms with Crippen molar-refractivity contribution < 1.29 is 8.42 Å². The predicted octanol–water partition coefficient (Wildman–Crippen LogP) is 1.50. The molecule has 0 unspecified atom stereocenters. The summed E-state index contributed by atoms with van der Waals surface area (Å²) < 4.78 is 24.8. The molecule has 1 aromatic heterocycles. The van der Waals surface area contributed by atoms with E-state index in [2.05, 4.69) is 28.8 Å². The highest BCUT2D eigenvalue weighted by atomic mass is 32.2. The van der Waals surface area contributed by atoms with Crippen molar-refractivity contribution in [2.24, 2.45) is 5.92 Å². The Bertz CT molecular complexity index is 411. The number of sulfonamides is 1. The lowest BCUT2D eigenvalue weighted by Crippen LogP contribution is -2.14. The van der Waals surface area contributed by atoms with Crippen molar-refractivity contribution in [3.05, 3.63) is 5.01 Å². The van der Waals surface area contributed by atoms with Crippen LogP contribution in [-0.4, -0.2) is 24.4 Å². The van der Waals surface area contributed by atoms with Crippen LogP contribution in [0, 0.1) is 5.92 Å². The van der Waals surface area contributed by atoms with E-state index in [1.54, 1.807) is 6.92 Å². The molecule has 0 radical (unpaired) electrons. The number of nitrogens with one attached hydrogen (secondary N) is 1. The number of rotatable bonds is 5. The minimum Gasteiger partial charge on any atom is -0.257 e. The van der Waals surface area contributed by atoms with Gasteiger partial charge in [-0.25, -0.2) is 8.42 Å². The molecule has 1 rings (SSSR count). The first kappa shape index (κ1) is 12.4. The summed E-state index contributed by atoms with van der Waals surface area (Å²) in [6, 6.07) is 0. The van der Waals surface area contributed by atoms with E-state index >= 15 is 0 Å². The van der Waals surface area contributed by atoms with Crippen molar-refractivity contribution in [2.75, 3.05) is 10.5 Å². The van der Waals surface area contributed by atoms with Crippen LogP contribution in [0.15, 0.2) is 0 Å². The van der Waals surface area contributed by atoms with Crippen LogP contribution in [0.4, 0.5) is 5.13 Å². The highest BCUT2D eigenvalue weighted by molar-refractivity contribution is 7.92. The summed E-state index contributed by atoms with van der Waals surface area (Å²) in [6.07, 6.45) is 0.825. The van der Waals surface area contributed by atoms with Crippen LogP contribution >= 0.6 is 11.3 Å². The molecular weight excluding hydrogens is 234 g/mol. The molecule has 0 fully saturated rings. The first-order chi connectivity index (χ1) is 6.93. The van der Waals surface area contributed by atoms with E-state index in [1.165, 1.54) is 11.3 Å². The van der Waals surface area contributed by atoms with Crippen molar-refractivity contribution in [3.8, 4) is 0 Å². The van der Waals surface area contributed by atoms with Crippen molar-refractivity contribution in [1.82, 2.24) is 10.2 Å². The molecule has 1 heterocycles. The molecule has 0 spiro atoms. The maximum atomic E-state index is 11.2. The number of aromatic nitrogens is 2. The second-order valence-corrected chi connectivity index (χ2v) is 6.68. The minimum atomic E-state index is -3.23. The van der Waals surface area contributed by atoms with Crippen LogP contribution < -0.4 is 4.72 Å². The van der Waals surface area contributed by atoms with Gasteiger partial charge in [0.1, 0.15) is 5.01 Å². The average Bonchev–Trinajstić information content (AvgIpc) is 2.50. The first-order valence-electron chi connectivity index (χ1n) is 4.76. The van der Waals surface area contributed by atoms with Crippen LogP contribution in [0.2, 0.25) is 0 Å². The van der Waals surface area contributed by atoms with Crippen molar-refractivity contribution in [2.45, 2.75) is 27.2 Å². The van der Waals surface area contributed by atoms with Gasteiger partial charge < -0.3 is 0 Å². The van der Waals surface area contributed by atoms with Gasteiger partial charge in [-0.05, 0) is 12.8 Å². The highest BCUT2D eigenvalue weighted by Crippen LogP contribution is 2.19. The molecular formula is C8H15N3O2S2. The molecule has 0 aliphatic heterocycles. The van der Waals surface area contributed by atoms with Crippen LogP contribution in [0.1, 0.15) is 25.8 Å². The van der Waals surface area contributed by atoms with E-state index in [0.29, 0.717) is 11.0 Å². The van der Waals surface area contributed by atoms with E-state index in [1.807, 2.05) is 0 Å². The molecule has 0 saturated heterocycles. The van der Waals surface area contributed by atoms with E-state index in [9.17, 15) is 8.42 Å². The van der Waals surface area contributed by atoms with Gasteiger partial charge in [0.05, 0.1) is 5.75 Å². The number of anilines is 1. The van der Waals surface area contributed by atoms with Gasteiger partial charge in [-0.3, -0.25) is 4.72 Å². The van der Waals surface area contributed by atoms with Gasteiger partial charge in [-0.15, -0.1) is 10.2 Å².